The van der Waals surface area contributed by atoms with Gasteiger partial charge in [0.25, 0.3) is 5.91 Å². The van der Waals surface area contributed by atoms with Gasteiger partial charge >= 0.3 is 0 Å². The van der Waals surface area contributed by atoms with Crippen molar-refractivity contribution in [2.75, 3.05) is 6.61 Å². The largest absolute Gasteiger partial charge is 0.508 e. The monoisotopic (exact) mass is 510 g/mol. The summed E-state index contributed by atoms with van der Waals surface area (Å²) in [4.78, 5) is 16.3. The molecule has 0 fully saturated rings. The van der Waals surface area contributed by atoms with E-state index in [2.05, 4.69) is 15.5 Å². The maximum Gasteiger partial charge on any atom is 0.277 e. The van der Waals surface area contributed by atoms with Crippen LogP contribution < -0.4 is 10.2 Å². The van der Waals surface area contributed by atoms with E-state index in [1.54, 1.807) is 60.8 Å². The van der Waals surface area contributed by atoms with Gasteiger partial charge in [0, 0.05) is 16.8 Å². The fraction of sp³-hybridized carbons (Fsp3) is 0.0345. The van der Waals surface area contributed by atoms with E-state index in [0.717, 1.165) is 22.3 Å². The van der Waals surface area contributed by atoms with Crippen molar-refractivity contribution in [3.63, 3.8) is 0 Å². The van der Waals surface area contributed by atoms with E-state index in [-0.39, 0.29) is 18.2 Å². The lowest BCUT2D eigenvalue weighted by atomic mass is 10.0. The van der Waals surface area contributed by atoms with Gasteiger partial charge in [-0.2, -0.15) is 5.10 Å². The van der Waals surface area contributed by atoms with Crippen molar-refractivity contribution in [3.8, 4) is 22.6 Å². The minimum absolute atomic E-state index is 0.0988. The third kappa shape index (κ3) is 7.62. The molecular weight excluding hydrogens is 488 g/mol. The molecule has 4 rings (SSSR count). The zero-order valence-corrected chi connectivity index (χ0v) is 20.4. The normalized spacial score (nSPS) is 11.1. The van der Waals surface area contributed by atoms with Crippen molar-refractivity contribution in [2.45, 2.75) is 0 Å². The maximum absolute atomic E-state index is 12.1. The summed E-state index contributed by atoms with van der Waals surface area (Å²) in [5.74, 6) is 0.363. The first-order valence-corrected chi connectivity index (χ1v) is 11.7. The van der Waals surface area contributed by atoms with Crippen molar-refractivity contribution in [3.05, 3.63) is 119 Å². The van der Waals surface area contributed by atoms with E-state index in [9.17, 15) is 9.90 Å². The first kappa shape index (κ1) is 25.3. The van der Waals surface area contributed by atoms with E-state index in [1.165, 1.54) is 6.21 Å². The minimum Gasteiger partial charge on any atom is -0.508 e. The molecule has 0 aliphatic carbocycles. The first-order valence-electron chi connectivity index (χ1n) is 11.3. The summed E-state index contributed by atoms with van der Waals surface area (Å²) in [5, 5.41) is 22.4. The van der Waals surface area contributed by atoms with Crippen LogP contribution in [-0.4, -0.2) is 35.9 Å². The molecule has 37 heavy (non-hydrogen) atoms. The number of nitrogens with zero attached hydrogens (tertiary/aromatic N) is 2. The molecule has 184 valence electrons. The lowest BCUT2D eigenvalue weighted by Gasteiger charge is -2.06. The van der Waals surface area contributed by atoms with Crippen LogP contribution in [0.15, 0.2) is 107 Å². The maximum atomic E-state index is 12.1. The number of carbonyl (C=O) groups is 1. The zero-order valence-electron chi connectivity index (χ0n) is 19.6. The topological polar surface area (TPSA) is 107 Å². The van der Waals surface area contributed by atoms with Crippen LogP contribution in [-0.2, 0) is 4.79 Å². The smallest absolute Gasteiger partial charge is 0.277 e. The van der Waals surface area contributed by atoms with Crippen LogP contribution in [0.4, 0.5) is 0 Å². The van der Waals surface area contributed by atoms with Crippen LogP contribution in [0, 0.1) is 5.41 Å². The third-order valence-corrected chi connectivity index (χ3v) is 5.43. The van der Waals surface area contributed by atoms with Gasteiger partial charge in [0.05, 0.1) is 6.21 Å². The van der Waals surface area contributed by atoms with Gasteiger partial charge in [-0.3, -0.25) is 10.2 Å². The van der Waals surface area contributed by atoms with Gasteiger partial charge < -0.3 is 9.84 Å². The van der Waals surface area contributed by atoms with Gasteiger partial charge in [-0.25, -0.2) is 10.4 Å². The van der Waals surface area contributed by atoms with E-state index in [0.29, 0.717) is 16.3 Å². The lowest BCUT2D eigenvalue weighted by molar-refractivity contribution is -0.123. The van der Waals surface area contributed by atoms with Gasteiger partial charge in [0.2, 0.25) is 0 Å². The molecular formula is C29H23ClN4O3. The summed E-state index contributed by atoms with van der Waals surface area (Å²) < 4.78 is 5.50. The Morgan fingerprint density at radius 2 is 1.59 bits per heavy atom. The highest BCUT2D eigenvalue weighted by atomic mass is 35.5. The number of rotatable bonds is 8. The van der Waals surface area contributed by atoms with Crippen molar-refractivity contribution in [1.82, 2.24) is 5.43 Å². The lowest BCUT2D eigenvalue weighted by Crippen LogP contribution is -2.24. The molecule has 1 amide bonds. The number of phenols is 1. The van der Waals surface area contributed by atoms with Crippen LogP contribution in [0.3, 0.4) is 0 Å². The van der Waals surface area contributed by atoms with Crippen LogP contribution >= 0.6 is 11.6 Å². The second-order valence-electron chi connectivity index (χ2n) is 7.94. The number of benzene rings is 4. The van der Waals surface area contributed by atoms with E-state index in [4.69, 9.17) is 21.7 Å². The highest BCUT2D eigenvalue weighted by Gasteiger charge is 2.04. The fourth-order valence-corrected chi connectivity index (χ4v) is 3.44. The number of hydrogen-bond acceptors (Lipinski definition) is 5. The van der Waals surface area contributed by atoms with Crippen molar-refractivity contribution in [2.24, 2.45) is 10.1 Å². The molecule has 0 aliphatic rings. The molecule has 0 saturated carbocycles. The van der Waals surface area contributed by atoms with Gasteiger partial charge in [-0.15, -0.1) is 0 Å². The van der Waals surface area contributed by atoms with E-state index in [1.807, 2.05) is 42.5 Å². The number of amides is 1. The fourth-order valence-electron chi connectivity index (χ4n) is 3.32. The number of ether oxygens (including phenoxy) is 1. The van der Waals surface area contributed by atoms with Crippen molar-refractivity contribution >= 4 is 35.8 Å². The summed E-state index contributed by atoms with van der Waals surface area (Å²) in [6.07, 6.45) is 3.13. The Morgan fingerprint density at radius 3 is 2.32 bits per heavy atom. The van der Waals surface area contributed by atoms with Gasteiger partial charge in [0.15, 0.2) is 12.4 Å². The number of halogens is 1. The standard InChI is InChI=1S/C29H23ClN4O3/c30-25-11-7-20(8-12-25)17-32-29(31)22-9-13-27(14-10-22)37-19-28(36)34-33-18-21-3-1-4-23(15-21)24-5-2-6-26(35)16-24/h1-18,31,35H,19H2,(H,34,36)/b31-29?,32-17?,33-18+. The van der Waals surface area contributed by atoms with Gasteiger partial charge in [0.1, 0.15) is 11.5 Å². The molecule has 4 aromatic carbocycles. The van der Waals surface area contributed by atoms with E-state index >= 15 is 0 Å². The third-order valence-electron chi connectivity index (χ3n) is 5.18. The highest BCUT2D eigenvalue weighted by molar-refractivity contribution is 6.30. The summed E-state index contributed by atoms with van der Waals surface area (Å²) in [7, 11) is 0. The Kier molecular flexibility index (Phi) is 8.41. The molecule has 7 nitrogen and oxygen atoms in total. The molecule has 0 atom stereocenters. The molecule has 0 aliphatic heterocycles. The van der Waals surface area contributed by atoms with Crippen molar-refractivity contribution in [1.29, 1.82) is 5.41 Å². The summed E-state index contributed by atoms with van der Waals surface area (Å²) in [5.41, 5.74) is 6.48. The minimum atomic E-state index is -0.412. The Bertz CT molecular complexity index is 1450. The quantitative estimate of drug-likeness (QED) is 0.161. The Balaban J connectivity index is 1.25. The van der Waals surface area contributed by atoms with Crippen molar-refractivity contribution < 1.29 is 14.6 Å². The number of aromatic hydroxyl groups is 1. The summed E-state index contributed by atoms with van der Waals surface area (Å²) >= 11 is 5.87. The number of carbonyl (C=O) groups excluding carboxylic acids is 1. The van der Waals surface area contributed by atoms with Gasteiger partial charge in [-0.1, -0.05) is 54.1 Å². The SMILES string of the molecule is N=C(N=Cc1ccc(Cl)cc1)c1ccc(OCC(=O)N/N=C/c2cccc(-c3cccc(O)c3)c2)cc1. The predicted molar refractivity (Wildman–Crippen MR) is 147 cm³/mol. The Morgan fingerprint density at radius 1 is 0.892 bits per heavy atom. The molecule has 0 unspecified atom stereocenters. The number of phenolic OH excluding ortho intramolecular Hbond substituents is 1. The molecule has 0 radical (unpaired) electrons. The number of amidine groups is 1. The first-order chi connectivity index (χ1) is 18.0. The average Bonchev–Trinajstić information content (AvgIpc) is 2.92. The molecule has 3 N–H and O–H groups in total. The molecule has 0 aromatic heterocycles. The van der Waals surface area contributed by atoms with Crippen LogP contribution in [0.2, 0.25) is 5.02 Å². The zero-order chi connectivity index (χ0) is 26.0. The molecule has 0 heterocycles. The predicted octanol–water partition coefficient (Wildman–Crippen LogP) is 5.69. The Labute approximate surface area is 219 Å². The van der Waals surface area contributed by atoms with E-state index < -0.39 is 5.91 Å². The van der Waals surface area contributed by atoms with Crippen LogP contribution in [0.1, 0.15) is 16.7 Å². The number of nitrogens with one attached hydrogen (secondary N) is 2. The Hall–Kier alpha value is -4.75. The molecule has 8 heteroatoms. The molecule has 0 bridgehead atoms. The molecule has 0 spiro atoms. The van der Waals surface area contributed by atoms with Crippen LogP contribution in [0.25, 0.3) is 11.1 Å². The number of hydrogen-bond donors (Lipinski definition) is 3. The second-order valence-corrected chi connectivity index (χ2v) is 8.38. The van der Waals surface area contributed by atoms with Gasteiger partial charge in [-0.05, 0) is 76.9 Å². The van der Waals surface area contributed by atoms with Crippen LogP contribution in [0.5, 0.6) is 11.5 Å². The second kappa shape index (κ2) is 12.3. The summed E-state index contributed by atoms with van der Waals surface area (Å²) in [6.45, 7) is -0.216. The highest BCUT2D eigenvalue weighted by Crippen LogP contribution is 2.23. The average molecular weight is 511 g/mol. The molecule has 0 saturated heterocycles. The summed E-state index contributed by atoms with van der Waals surface area (Å²) in [6, 6.07) is 28.4. The number of aliphatic imine (C=N–C) groups is 1. The molecule has 4 aromatic rings. The number of hydrazone groups is 1.